The van der Waals surface area contributed by atoms with Crippen LogP contribution >= 0.6 is 0 Å². The van der Waals surface area contributed by atoms with Crippen molar-refractivity contribution in [2.45, 2.75) is 18.9 Å². The molecule has 0 aliphatic rings. The van der Waals surface area contributed by atoms with Crippen LogP contribution < -0.4 is 10.5 Å². The van der Waals surface area contributed by atoms with Crippen molar-refractivity contribution in [3.63, 3.8) is 0 Å². The van der Waals surface area contributed by atoms with Gasteiger partial charge in [-0.15, -0.1) is 0 Å². The van der Waals surface area contributed by atoms with Gasteiger partial charge in [0.15, 0.2) is 0 Å². The fourth-order valence-electron chi connectivity index (χ4n) is 1.46. The molecule has 8 nitrogen and oxygen atoms in total. The quantitative estimate of drug-likeness (QED) is 0.555. The van der Waals surface area contributed by atoms with E-state index in [1.165, 1.54) is 12.4 Å². The number of carbonyl (C=O) groups is 2. The molecule has 1 atom stereocenters. The van der Waals surface area contributed by atoms with Crippen molar-refractivity contribution in [3.8, 4) is 0 Å². The van der Waals surface area contributed by atoms with Crippen LogP contribution in [-0.2, 0) is 26.0 Å². The van der Waals surface area contributed by atoms with Crippen molar-refractivity contribution < 1.29 is 23.1 Å². The monoisotopic (exact) mass is 301 g/mol. The number of nitrogens with two attached hydrogens (primary N) is 1. The summed E-state index contributed by atoms with van der Waals surface area (Å²) in [5, 5.41) is 8.83. The van der Waals surface area contributed by atoms with Gasteiger partial charge in [-0.2, -0.15) is 0 Å². The topological polar surface area (TPSA) is 139 Å². The van der Waals surface area contributed by atoms with E-state index in [1.54, 1.807) is 12.1 Å². The number of amides is 1. The number of aryl methyl sites for hydroxylation is 1. The lowest BCUT2D eigenvalue weighted by Crippen LogP contribution is -2.44. The molecule has 0 fully saturated rings. The molecule has 1 heterocycles. The standard InChI is InChI=1S/C11H15N3O5S/c12-10(15)7-9(11(16)17)14-20(18,19)6-3-8-1-4-13-5-2-8/h1-2,4-5,9,14H,3,6-7H2,(H2,12,15)(H,16,17)/t9-/m0/s1. The first-order valence-electron chi connectivity index (χ1n) is 5.70. The highest BCUT2D eigenvalue weighted by molar-refractivity contribution is 7.89. The normalized spacial score (nSPS) is 12.8. The Morgan fingerprint density at radius 2 is 1.95 bits per heavy atom. The van der Waals surface area contributed by atoms with Crippen LogP contribution in [0.5, 0.6) is 0 Å². The molecule has 0 aliphatic heterocycles. The van der Waals surface area contributed by atoms with E-state index in [2.05, 4.69) is 4.98 Å². The molecule has 0 saturated carbocycles. The predicted octanol–water partition coefficient (Wildman–Crippen LogP) is -1.13. The van der Waals surface area contributed by atoms with E-state index in [0.717, 1.165) is 5.56 Å². The van der Waals surface area contributed by atoms with Crippen molar-refractivity contribution in [2.75, 3.05) is 5.75 Å². The van der Waals surface area contributed by atoms with E-state index in [-0.39, 0.29) is 12.2 Å². The van der Waals surface area contributed by atoms with E-state index >= 15 is 0 Å². The number of nitrogens with zero attached hydrogens (tertiary/aromatic N) is 1. The lowest BCUT2D eigenvalue weighted by atomic mass is 10.2. The van der Waals surface area contributed by atoms with Crippen molar-refractivity contribution in [1.82, 2.24) is 9.71 Å². The molecule has 0 unspecified atom stereocenters. The minimum absolute atomic E-state index is 0.209. The Hall–Kier alpha value is -2.00. The predicted molar refractivity (Wildman–Crippen MR) is 70.1 cm³/mol. The third-order valence-corrected chi connectivity index (χ3v) is 3.82. The Bertz CT molecular complexity index is 573. The van der Waals surface area contributed by atoms with Crippen molar-refractivity contribution in [1.29, 1.82) is 0 Å². The minimum Gasteiger partial charge on any atom is -0.480 e. The summed E-state index contributed by atoms with van der Waals surface area (Å²) >= 11 is 0. The number of aromatic nitrogens is 1. The second-order valence-corrected chi connectivity index (χ2v) is 5.98. The van der Waals surface area contributed by atoms with Crippen molar-refractivity contribution in [3.05, 3.63) is 30.1 Å². The molecule has 0 spiro atoms. The zero-order chi connectivity index (χ0) is 15.2. The number of hydrogen-bond donors (Lipinski definition) is 3. The van der Waals surface area contributed by atoms with Gasteiger partial charge in [-0.1, -0.05) is 0 Å². The first kappa shape index (κ1) is 16.1. The molecule has 0 aromatic carbocycles. The fraction of sp³-hybridized carbons (Fsp3) is 0.364. The van der Waals surface area contributed by atoms with E-state index < -0.39 is 34.4 Å². The molecule has 1 amide bonds. The summed E-state index contributed by atoms with van der Waals surface area (Å²) in [5.41, 5.74) is 5.63. The highest BCUT2D eigenvalue weighted by Gasteiger charge is 2.25. The molecule has 1 aromatic heterocycles. The summed E-state index contributed by atoms with van der Waals surface area (Å²) in [6.07, 6.45) is 2.68. The molecule has 9 heteroatoms. The van der Waals surface area contributed by atoms with Gasteiger partial charge in [-0.05, 0) is 24.1 Å². The van der Waals surface area contributed by atoms with Gasteiger partial charge in [0.05, 0.1) is 12.2 Å². The number of carboxylic acid groups (broad SMARTS) is 1. The number of primary amides is 1. The number of carbonyl (C=O) groups excluding carboxylic acids is 1. The maximum atomic E-state index is 11.8. The summed E-state index contributed by atoms with van der Waals surface area (Å²) in [5.74, 6) is -2.63. The van der Waals surface area contributed by atoms with Gasteiger partial charge in [-0.25, -0.2) is 13.1 Å². The van der Waals surface area contributed by atoms with Crippen molar-refractivity contribution >= 4 is 21.9 Å². The first-order chi connectivity index (χ1) is 9.30. The van der Waals surface area contributed by atoms with Crippen LogP contribution in [0.4, 0.5) is 0 Å². The Kier molecular flexibility index (Phi) is 5.59. The van der Waals surface area contributed by atoms with Crippen LogP contribution in [0, 0.1) is 0 Å². The maximum Gasteiger partial charge on any atom is 0.322 e. The molecular weight excluding hydrogens is 286 g/mol. The van der Waals surface area contributed by atoms with E-state index in [9.17, 15) is 18.0 Å². The van der Waals surface area contributed by atoms with Gasteiger partial charge in [0.25, 0.3) is 0 Å². The summed E-state index contributed by atoms with van der Waals surface area (Å²) in [7, 11) is -3.83. The maximum absolute atomic E-state index is 11.8. The Labute approximate surface area is 116 Å². The fourth-order valence-corrected chi connectivity index (χ4v) is 2.70. The third kappa shape index (κ3) is 5.76. The number of pyridine rings is 1. The van der Waals surface area contributed by atoms with Gasteiger partial charge < -0.3 is 10.8 Å². The van der Waals surface area contributed by atoms with Crippen LogP contribution in [0.2, 0.25) is 0 Å². The largest absolute Gasteiger partial charge is 0.480 e. The van der Waals surface area contributed by atoms with Gasteiger partial charge in [0.1, 0.15) is 6.04 Å². The SMILES string of the molecule is NC(=O)C[C@H](NS(=O)(=O)CCc1ccncc1)C(=O)O. The van der Waals surface area contributed by atoms with Gasteiger partial charge >= 0.3 is 5.97 Å². The molecule has 1 rings (SSSR count). The number of aliphatic carboxylic acids is 1. The van der Waals surface area contributed by atoms with Crippen LogP contribution in [0.1, 0.15) is 12.0 Å². The smallest absolute Gasteiger partial charge is 0.322 e. The summed E-state index contributed by atoms with van der Waals surface area (Å²) in [6.45, 7) is 0. The van der Waals surface area contributed by atoms with Crippen LogP contribution in [0.25, 0.3) is 0 Å². The van der Waals surface area contributed by atoms with E-state index in [4.69, 9.17) is 10.8 Å². The molecule has 0 radical (unpaired) electrons. The van der Waals surface area contributed by atoms with Gasteiger partial charge in [-0.3, -0.25) is 14.6 Å². The number of nitrogens with one attached hydrogen (secondary N) is 1. The molecule has 20 heavy (non-hydrogen) atoms. The average molecular weight is 301 g/mol. The molecule has 110 valence electrons. The van der Waals surface area contributed by atoms with Crippen LogP contribution in [0.15, 0.2) is 24.5 Å². The zero-order valence-corrected chi connectivity index (χ0v) is 11.3. The van der Waals surface area contributed by atoms with E-state index in [0.29, 0.717) is 0 Å². The van der Waals surface area contributed by atoms with Crippen molar-refractivity contribution in [2.24, 2.45) is 5.73 Å². The number of sulfonamides is 1. The molecule has 0 bridgehead atoms. The molecular formula is C11H15N3O5S. The first-order valence-corrected chi connectivity index (χ1v) is 7.35. The summed E-state index contributed by atoms with van der Waals surface area (Å²) in [6, 6.07) is 1.77. The highest BCUT2D eigenvalue weighted by atomic mass is 32.2. The third-order valence-electron chi connectivity index (χ3n) is 2.43. The number of hydrogen-bond acceptors (Lipinski definition) is 5. The van der Waals surface area contributed by atoms with Crippen LogP contribution in [-0.4, -0.2) is 42.2 Å². The number of carboxylic acids is 1. The lowest BCUT2D eigenvalue weighted by Gasteiger charge is -2.13. The van der Waals surface area contributed by atoms with E-state index in [1.807, 2.05) is 4.72 Å². The van der Waals surface area contributed by atoms with Crippen LogP contribution in [0.3, 0.4) is 0 Å². The minimum atomic E-state index is -3.83. The summed E-state index contributed by atoms with van der Waals surface area (Å²) in [4.78, 5) is 25.3. The second-order valence-electron chi connectivity index (χ2n) is 4.10. The Morgan fingerprint density at radius 3 is 2.45 bits per heavy atom. The Balaban J connectivity index is 2.63. The number of rotatable bonds is 8. The molecule has 1 aromatic rings. The second kappa shape index (κ2) is 6.96. The van der Waals surface area contributed by atoms with Gasteiger partial charge in [0, 0.05) is 12.4 Å². The summed E-state index contributed by atoms with van der Waals surface area (Å²) < 4.78 is 25.5. The van der Waals surface area contributed by atoms with Gasteiger partial charge in [0.2, 0.25) is 15.9 Å². The Morgan fingerprint density at radius 1 is 1.35 bits per heavy atom. The molecule has 4 N–H and O–H groups in total. The lowest BCUT2D eigenvalue weighted by molar-refractivity contribution is -0.140. The molecule has 0 aliphatic carbocycles. The zero-order valence-electron chi connectivity index (χ0n) is 10.5. The highest BCUT2D eigenvalue weighted by Crippen LogP contribution is 2.02. The average Bonchev–Trinajstić information content (AvgIpc) is 2.36. The molecule has 0 saturated heterocycles.